The first kappa shape index (κ1) is 10.2. The molecule has 0 atom stereocenters. The van der Waals surface area contributed by atoms with Gasteiger partial charge in [0.1, 0.15) is 0 Å². The van der Waals surface area contributed by atoms with Crippen molar-refractivity contribution in [3.8, 4) is 0 Å². The average Bonchev–Trinajstić information content (AvgIpc) is 2.34. The van der Waals surface area contributed by atoms with E-state index in [1.54, 1.807) is 5.01 Å². The fourth-order valence-electron chi connectivity index (χ4n) is 1.08. The molecule has 1 aliphatic heterocycles. The molecule has 3 N–H and O–H groups in total. The maximum atomic E-state index is 10.8. The summed E-state index contributed by atoms with van der Waals surface area (Å²) in [6.07, 6.45) is 0.870. The van der Waals surface area contributed by atoms with Gasteiger partial charge in [-0.3, -0.25) is 5.43 Å². The Bertz CT molecular complexity index is 282. The number of nitrogens with zero attached hydrogens (tertiary/aromatic N) is 1. The van der Waals surface area contributed by atoms with Gasteiger partial charge in [-0.15, -0.1) is 0 Å². The van der Waals surface area contributed by atoms with Crippen molar-refractivity contribution < 1.29 is 17.4 Å². The summed E-state index contributed by atoms with van der Waals surface area (Å²) in [5.41, 5.74) is 2.25. The first-order valence-electron chi connectivity index (χ1n) is 3.75. The summed E-state index contributed by atoms with van der Waals surface area (Å²) in [5, 5.41) is 6.06. The predicted octanol–water partition coefficient (Wildman–Crippen LogP) is -1.07. The van der Waals surface area contributed by atoms with E-state index < -0.39 is 16.4 Å². The molecule has 0 aromatic rings. The highest BCUT2D eigenvalue weighted by Gasteiger charge is 2.17. The number of carbonyl (C=O) groups excluding carboxylic acids is 1. The number of rotatable bonds is 2. The number of hydrogen-bond acceptors (Lipinski definition) is 5. The second-order valence-electron chi connectivity index (χ2n) is 2.67. The minimum atomic E-state index is -4.20. The zero-order chi connectivity index (χ0) is 9.90. The average molecular weight is 209 g/mol. The zero-order valence-corrected chi connectivity index (χ0v) is 7.71. The molecule has 8 heteroatoms. The van der Waals surface area contributed by atoms with Gasteiger partial charge in [0.2, 0.25) is 0 Å². The van der Waals surface area contributed by atoms with Crippen molar-refractivity contribution in [3.63, 3.8) is 0 Å². The van der Waals surface area contributed by atoms with E-state index in [1.807, 2.05) is 0 Å². The van der Waals surface area contributed by atoms with Gasteiger partial charge in [-0.2, -0.15) is 13.6 Å². The summed E-state index contributed by atoms with van der Waals surface area (Å²) in [4.78, 5) is 10.8. The molecule has 0 radical (unpaired) electrons. The molecule has 0 saturated carbocycles. The summed E-state index contributed by atoms with van der Waals surface area (Å²) in [6, 6.07) is 0. The molecule has 7 nitrogen and oxygen atoms in total. The van der Waals surface area contributed by atoms with Crippen LogP contribution in [0.5, 0.6) is 0 Å². The van der Waals surface area contributed by atoms with Crippen molar-refractivity contribution in [1.82, 2.24) is 10.4 Å². The second-order valence-corrected chi connectivity index (χ2v) is 3.82. The van der Waals surface area contributed by atoms with Crippen molar-refractivity contribution in [3.05, 3.63) is 0 Å². The highest BCUT2D eigenvalue weighted by molar-refractivity contribution is 7.84. The molecule has 1 aliphatic rings. The first-order valence-corrected chi connectivity index (χ1v) is 5.22. The lowest BCUT2D eigenvalue weighted by atomic mass is 10.4. The molecule has 0 aromatic carbocycles. The number of hydrogen-bond donors (Lipinski definition) is 2. The van der Waals surface area contributed by atoms with E-state index in [-0.39, 0.29) is 0 Å². The van der Waals surface area contributed by atoms with Gasteiger partial charge in [-0.05, 0) is 12.8 Å². The summed E-state index contributed by atoms with van der Waals surface area (Å²) < 4.78 is 24.4. The van der Waals surface area contributed by atoms with E-state index in [1.165, 1.54) is 0 Å². The summed E-state index contributed by atoms with van der Waals surface area (Å²) >= 11 is 0. The highest BCUT2D eigenvalue weighted by Crippen LogP contribution is 2.03. The normalized spacial score (nSPS) is 18.5. The third-order valence-electron chi connectivity index (χ3n) is 1.55. The van der Waals surface area contributed by atoms with E-state index in [0.29, 0.717) is 13.1 Å². The van der Waals surface area contributed by atoms with E-state index >= 15 is 0 Å². The maximum Gasteiger partial charge on any atom is 0.438 e. The maximum absolute atomic E-state index is 10.8. The van der Waals surface area contributed by atoms with Crippen LogP contribution in [0.15, 0.2) is 0 Å². The Morgan fingerprint density at radius 1 is 1.38 bits per heavy atom. The van der Waals surface area contributed by atoms with E-state index in [2.05, 4.69) is 14.7 Å². The molecule has 1 heterocycles. The first-order chi connectivity index (χ1) is 5.97. The largest absolute Gasteiger partial charge is 0.438 e. The Kier molecular flexibility index (Phi) is 3.07. The van der Waals surface area contributed by atoms with Crippen LogP contribution in [0.1, 0.15) is 12.8 Å². The highest BCUT2D eigenvalue weighted by atomic mass is 32.2. The molecule has 0 aromatic heterocycles. The van der Waals surface area contributed by atoms with Gasteiger partial charge in [-0.1, -0.05) is 0 Å². The van der Waals surface area contributed by atoms with Crippen LogP contribution < -0.4 is 10.6 Å². The fourth-order valence-corrected chi connectivity index (χ4v) is 1.33. The number of hydrazine groups is 1. The van der Waals surface area contributed by atoms with Gasteiger partial charge in [0.05, 0.1) is 0 Å². The quantitative estimate of drug-likeness (QED) is 0.602. The Morgan fingerprint density at radius 2 is 1.92 bits per heavy atom. The Hall–Kier alpha value is -0.860. The third kappa shape index (κ3) is 4.06. The third-order valence-corrected chi connectivity index (χ3v) is 1.93. The summed E-state index contributed by atoms with van der Waals surface area (Å²) in [6.45, 7) is 1.39. The van der Waals surface area contributed by atoms with Crippen LogP contribution >= 0.6 is 0 Å². The Morgan fingerprint density at radius 3 is 2.38 bits per heavy atom. The van der Waals surface area contributed by atoms with Crippen molar-refractivity contribution in [2.75, 3.05) is 13.1 Å². The van der Waals surface area contributed by atoms with Crippen molar-refractivity contribution in [1.29, 1.82) is 0 Å². The molecular formula is C5H11N3O4S. The van der Waals surface area contributed by atoms with Crippen LogP contribution in [-0.4, -0.2) is 32.6 Å². The number of carbonyl (C=O) groups is 1. The van der Waals surface area contributed by atoms with E-state index in [4.69, 9.17) is 0 Å². The lowest BCUT2D eigenvalue weighted by molar-refractivity contribution is 0.161. The van der Waals surface area contributed by atoms with E-state index in [0.717, 1.165) is 12.8 Å². The van der Waals surface area contributed by atoms with Crippen LogP contribution in [0.4, 0.5) is 4.79 Å². The number of nitrogens with two attached hydrogens (primary N) is 1. The molecule has 1 saturated heterocycles. The molecular weight excluding hydrogens is 198 g/mol. The monoisotopic (exact) mass is 209 g/mol. The van der Waals surface area contributed by atoms with Crippen molar-refractivity contribution in [2.45, 2.75) is 12.8 Å². The SMILES string of the molecule is NS(=O)(=O)OC(=O)NN1CCCC1. The van der Waals surface area contributed by atoms with Gasteiger partial charge in [0.15, 0.2) is 0 Å². The lowest BCUT2D eigenvalue weighted by Crippen LogP contribution is -2.41. The lowest BCUT2D eigenvalue weighted by Gasteiger charge is -2.14. The molecule has 76 valence electrons. The molecule has 1 fully saturated rings. The molecule has 1 rings (SSSR count). The molecule has 13 heavy (non-hydrogen) atoms. The zero-order valence-electron chi connectivity index (χ0n) is 6.89. The summed E-state index contributed by atoms with van der Waals surface area (Å²) in [5.74, 6) is 0. The van der Waals surface area contributed by atoms with Gasteiger partial charge in [0.25, 0.3) is 0 Å². The van der Waals surface area contributed by atoms with Crippen LogP contribution in [0, 0.1) is 0 Å². The fraction of sp³-hybridized carbons (Fsp3) is 0.800. The minimum absolute atomic E-state index is 0.694. The second kappa shape index (κ2) is 3.90. The number of amides is 1. The molecule has 0 bridgehead atoms. The van der Waals surface area contributed by atoms with Crippen molar-refractivity contribution in [2.24, 2.45) is 5.14 Å². The van der Waals surface area contributed by atoms with Crippen molar-refractivity contribution >= 4 is 16.4 Å². The smallest absolute Gasteiger partial charge is 0.315 e. The van der Waals surface area contributed by atoms with Gasteiger partial charge in [-0.25, -0.2) is 9.80 Å². The predicted molar refractivity (Wildman–Crippen MR) is 43.5 cm³/mol. The number of nitrogens with one attached hydrogen (secondary N) is 1. The Labute approximate surface area is 76.1 Å². The van der Waals surface area contributed by atoms with Crippen LogP contribution in [0.2, 0.25) is 0 Å². The van der Waals surface area contributed by atoms with Crippen LogP contribution in [-0.2, 0) is 14.5 Å². The Balaban J connectivity index is 2.33. The van der Waals surface area contributed by atoms with Crippen LogP contribution in [0.25, 0.3) is 0 Å². The molecule has 0 unspecified atom stereocenters. The van der Waals surface area contributed by atoms with E-state index in [9.17, 15) is 13.2 Å². The van der Waals surface area contributed by atoms with Gasteiger partial charge in [0, 0.05) is 13.1 Å². The standard InChI is InChI=1S/C5H11N3O4S/c6-13(10,11)12-5(9)7-8-3-1-2-4-8/h1-4H2,(H,7,9)(H2,6,10,11). The van der Waals surface area contributed by atoms with Gasteiger partial charge < -0.3 is 4.18 Å². The summed E-state index contributed by atoms with van der Waals surface area (Å²) in [7, 11) is -4.20. The molecule has 1 amide bonds. The van der Waals surface area contributed by atoms with Crippen LogP contribution in [0.3, 0.4) is 0 Å². The topological polar surface area (TPSA) is 102 Å². The minimum Gasteiger partial charge on any atom is -0.315 e. The molecule has 0 aliphatic carbocycles. The van der Waals surface area contributed by atoms with Gasteiger partial charge >= 0.3 is 16.4 Å². The molecule has 0 spiro atoms.